The second-order valence-electron chi connectivity index (χ2n) is 4.56. The summed E-state index contributed by atoms with van der Waals surface area (Å²) in [5.41, 5.74) is -0.638. The molecule has 0 atom stereocenters. The Labute approximate surface area is 114 Å². The lowest BCUT2D eigenvalue weighted by atomic mass is 10.2. The fourth-order valence-electron chi connectivity index (χ4n) is 1.12. The van der Waals surface area contributed by atoms with Gasteiger partial charge in [-0.05, 0) is 27.7 Å². The number of nitrogens with one attached hydrogen (secondary N) is 1. The van der Waals surface area contributed by atoms with E-state index in [1.165, 1.54) is 6.08 Å². The number of amides is 1. The van der Waals surface area contributed by atoms with Crippen LogP contribution < -0.4 is 5.32 Å². The first-order valence-electron chi connectivity index (χ1n) is 5.46. The van der Waals surface area contributed by atoms with E-state index in [1.807, 2.05) is 0 Å². The van der Waals surface area contributed by atoms with E-state index in [1.54, 1.807) is 27.7 Å². The molecule has 104 valence electrons. The second-order valence-corrected chi connectivity index (χ2v) is 5.31. The van der Waals surface area contributed by atoms with E-state index in [0.717, 1.165) is 11.5 Å². The second kappa shape index (κ2) is 5.79. The van der Waals surface area contributed by atoms with E-state index in [0.29, 0.717) is 0 Å². The van der Waals surface area contributed by atoms with Crippen LogP contribution in [0.15, 0.2) is 6.08 Å². The maximum atomic E-state index is 11.5. The zero-order chi connectivity index (χ0) is 14.6. The minimum Gasteiger partial charge on any atom is -0.478 e. The molecule has 1 amide bonds. The van der Waals surface area contributed by atoms with Gasteiger partial charge in [-0.3, -0.25) is 5.32 Å². The van der Waals surface area contributed by atoms with Gasteiger partial charge in [0.1, 0.15) is 11.2 Å². The van der Waals surface area contributed by atoms with E-state index in [9.17, 15) is 9.59 Å². The molecular formula is C11H15N3O4S. The number of carboxylic acid groups (broad SMARTS) is 1. The lowest BCUT2D eigenvalue weighted by Gasteiger charge is -2.18. The average Bonchev–Trinajstić information content (AvgIpc) is 2.63. The van der Waals surface area contributed by atoms with Gasteiger partial charge in [0.2, 0.25) is 5.13 Å². The summed E-state index contributed by atoms with van der Waals surface area (Å²) in [6, 6.07) is 0. The van der Waals surface area contributed by atoms with Gasteiger partial charge in [-0.2, -0.15) is 9.36 Å². The Kier molecular flexibility index (Phi) is 4.60. The monoisotopic (exact) mass is 285 g/mol. The highest BCUT2D eigenvalue weighted by Crippen LogP contribution is 2.18. The van der Waals surface area contributed by atoms with Gasteiger partial charge in [-0.1, -0.05) is 6.08 Å². The Morgan fingerprint density at radius 2 is 2.05 bits per heavy atom. The Bertz CT molecular complexity index is 516. The lowest BCUT2D eigenvalue weighted by Crippen LogP contribution is -2.27. The number of carbonyl (C=O) groups excluding carboxylic acids is 1. The van der Waals surface area contributed by atoms with Crippen molar-refractivity contribution in [1.82, 2.24) is 9.36 Å². The minimum absolute atomic E-state index is 0.0199. The number of aliphatic carboxylic acids is 1. The molecule has 0 fully saturated rings. The number of aromatic nitrogens is 2. The van der Waals surface area contributed by atoms with Gasteiger partial charge in [-0.15, -0.1) is 0 Å². The molecule has 0 saturated carbocycles. The lowest BCUT2D eigenvalue weighted by molar-refractivity contribution is -0.130. The molecule has 2 N–H and O–H groups in total. The molecule has 0 unspecified atom stereocenters. The topological polar surface area (TPSA) is 101 Å². The quantitative estimate of drug-likeness (QED) is 0.827. The van der Waals surface area contributed by atoms with Crippen LogP contribution in [0, 0.1) is 0 Å². The van der Waals surface area contributed by atoms with E-state index in [4.69, 9.17) is 9.84 Å². The van der Waals surface area contributed by atoms with Crippen LogP contribution in [-0.2, 0) is 9.53 Å². The van der Waals surface area contributed by atoms with Crippen LogP contribution in [0.25, 0.3) is 5.57 Å². The highest BCUT2D eigenvalue weighted by atomic mass is 32.1. The van der Waals surface area contributed by atoms with Crippen molar-refractivity contribution in [2.45, 2.75) is 33.3 Å². The molecule has 1 heterocycles. The maximum absolute atomic E-state index is 11.5. The van der Waals surface area contributed by atoms with Crippen LogP contribution in [0.4, 0.5) is 9.93 Å². The number of hydrogen-bond acceptors (Lipinski definition) is 6. The molecule has 0 aliphatic rings. The van der Waals surface area contributed by atoms with Gasteiger partial charge >= 0.3 is 12.1 Å². The molecule has 0 aromatic carbocycles. The summed E-state index contributed by atoms with van der Waals surface area (Å²) in [6.45, 7) is 6.78. The number of anilines is 1. The van der Waals surface area contributed by atoms with E-state index in [2.05, 4.69) is 14.7 Å². The van der Waals surface area contributed by atoms with Crippen molar-refractivity contribution in [2.24, 2.45) is 0 Å². The highest BCUT2D eigenvalue weighted by Gasteiger charge is 2.19. The first-order chi connectivity index (χ1) is 8.73. The third kappa shape index (κ3) is 4.66. The number of hydrogen-bond donors (Lipinski definition) is 2. The number of allylic oxidation sites excluding steroid dienone is 1. The average molecular weight is 285 g/mol. The summed E-state index contributed by atoms with van der Waals surface area (Å²) in [7, 11) is 0. The van der Waals surface area contributed by atoms with Crippen LogP contribution in [0.1, 0.15) is 33.5 Å². The molecule has 1 rings (SSSR count). The van der Waals surface area contributed by atoms with Crippen molar-refractivity contribution in [3.05, 3.63) is 11.9 Å². The number of ether oxygens (including phenoxy) is 1. The summed E-state index contributed by atoms with van der Waals surface area (Å²) < 4.78 is 8.91. The summed E-state index contributed by atoms with van der Waals surface area (Å²) >= 11 is 0.888. The van der Waals surface area contributed by atoms with Crippen molar-refractivity contribution >= 4 is 34.3 Å². The summed E-state index contributed by atoms with van der Waals surface area (Å²) in [5, 5.41) is 11.5. The van der Waals surface area contributed by atoms with Gasteiger partial charge in [0.25, 0.3) is 0 Å². The van der Waals surface area contributed by atoms with Crippen LogP contribution in [0.2, 0.25) is 0 Å². The number of rotatable bonds is 3. The molecule has 19 heavy (non-hydrogen) atoms. The van der Waals surface area contributed by atoms with Gasteiger partial charge in [0, 0.05) is 11.5 Å². The van der Waals surface area contributed by atoms with E-state index < -0.39 is 17.7 Å². The SMILES string of the molecule is C/C=C(/C(=O)O)c1nsc(NC(=O)OC(C)(C)C)n1. The normalized spacial score (nSPS) is 12.1. The van der Waals surface area contributed by atoms with Gasteiger partial charge in [0.05, 0.1) is 0 Å². The number of carbonyl (C=O) groups is 2. The predicted molar refractivity (Wildman–Crippen MR) is 71.1 cm³/mol. The standard InChI is InChI=1S/C11H15N3O4S/c1-5-6(8(15)16)7-12-9(19-14-7)13-10(17)18-11(2,3)4/h5H,1-4H3,(H,15,16)(H,12,13,14,17)/b6-5+. The fraction of sp³-hybridized carbons (Fsp3) is 0.455. The Balaban J connectivity index is 2.76. The molecule has 1 aromatic rings. The van der Waals surface area contributed by atoms with Crippen molar-refractivity contribution in [3.63, 3.8) is 0 Å². The Morgan fingerprint density at radius 1 is 1.42 bits per heavy atom. The first kappa shape index (κ1) is 15.1. The Hall–Kier alpha value is -1.96. The zero-order valence-corrected chi connectivity index (χ0v) is 11.9. The van der Waals surface area contributed by atoms with E-state index >= 15 is 0 Å². The molecule has 7 nitrogen and oxygen atoms in total. The summed E-state index contributed by atoms with van der Waals surface area (Å²) in [5.74, 6) is -1.06. The van der Waals surface area contributed by atoms with Gasteiger partial charge in [-0.25, -0.2) is 9.59 Å². The third-order valence-corrected chi connectivity index (χ3v) is 2.42. The van der Waals surface area contributed by atoms with Crippen LogP contribution in [0.3, 0.4) is 0 Å². The zero-order valence-electron chi connectivity index (χ0n) is 11.1. The third-order valence-electron chi connectivity index (χ3n) is 1.79. The number of nitrogens with zero attached hydrogens (tertiary/aromatic N) is 2. The molecule has 0 radical (unpaired) electrons. The predicted octanol–water partition coefficient (Wildman–Crippen LogP) is 2.37. The van der Waals surface area contributed by atoms with Gasteiger partial charge in [0.15, 0.2) is 5.82 Å². The van der Waals surface area contributed by atoms with Crippen molar-refractivity contribution in [3.8, 4) is 0 Å². The molecule has 0 bridgehead atoms. The van der Waals surface area contributed by atoms with Gasteiger partial charge < -0.3 is 9.84 Å². The van der Waals surface area contributed by atoms with Crippen LogP contribution in [-0.4, -0.2) is 32.1 Å². The molecule has 0 aliphatic heterocycles. The molecule has 1 aromatic heterocycles. The number of carboxylic acids is 1. The van der Waals surface area contributed by atoms with Crippen molar-refractivity contribution < 1.29 is 19.4 Å². The van der Waals surface area contributed by atoms with Crippen LogP contribution >= 0.6 is 11.5 Å². The maximum Gasteiger partial charge on any atom is 0.414 e. The summed E-state index contributed by atoms with van der Waals surface area (Å²) in [4.78, 5) is 26.3. The largest absolute Gasteiger partial charge is 0.478 e. The summed E-state index contributed by atoms with van der Waals surface area (Å²) in [6.07, 6.45) is 0.731. The molecule has 8 heteroatoms. The van der Waals surface area contributed by atoms with E-state index in [-0.39, 0.29) is 16.5 Å². The minimum atomic E-state index is -1.12. The Morgan fingerprint density at radius 3 is 2.53 bits per heavy atom. The first-order valence-corrected chi connectivity index (χ1v) is 6.24. The molecular weight excluding hydrogens is 270 g/mol. The van der Waals surface area contributed by atoms with Crippen LogP contribution in [0.5, 0.6) is 0 Å². The molecule has 0 spiro atoms. The van der Waals surface area contributed by atoms with Crippen molar-refractivity contribution in [2.75, 3.05) is 5.32 Å². The smallest absolute Gasteiger partial charge is 0.414 e. The molecule has 0 saturated heterocycles. The highest BCUT2D eigenvalue weighted by molar-refractivity contribution is 7.10. The van der Waals surface area contributed by atoms with Crippen molar-refractivity contribution in [1.29, 1.82) is 0 Å². The molecule has 0 aliphatic carbocycles. The fourth-order valence-corrected chi connectivity index (χ4v) is 1.69.